The van der Waals surface area contributed by atoms with E-state index in [1.807, 2.05) is 60.0 Å². The van der Waals surface area contributed by atoms with E-state index in [2.05, 4.69) is 12.1 Å². The number of carbonyl (C=O) groups excluding carboxylic acids is 1. The van der Waals surface area contributed by atoms with Crippen molar-refractivity contribution in [1.82, 2.24) is 0 Å². The number of ketones is 1. The molecule has 0 amide bonds. The fraction of sp³-hybridized carbons (Fsp3) is 0.0500. The van der Waals surface area contributed by atoms with Crippen molar-refractivity contribution in [3.8, 4) is 16.9 Å². The topological polar surface area (TPSA) is 26.3 Å². The van der Waals surface area contributed by atoms with Crippen LogP contribution < -0.4 is 4.74 Å². The minimum atomic E-state index is 0.0410. The SMILES string of the molecule is COc1ccc(-c2ccc(/C=C/C(=O)c3cccs3)cc2)cc1. The summed E-state index contributed by atoms with van der Waals surface area (Å²) in [4.78, 5) is 12.7. The highest BCUT2D eigenvalue weighted by molar-refractivity contribution is 7.12. The smallest absolute Gasteiger partial charge is 0.195 e. The average Bonchev–Trinajstić information content (AvgIpc) is 3.15. The number of methoxy groups -OCH3 is 1. The standard InChI is InChI=1S/C20H16O2S/c1-22-18-11-9-17(10-12-18)16-7-4-15(5-8-16)6-13-19(21)20-3-2-14-23-20/h2-14H,1H3/b13-6+. The molecule has 3 aromatic rings. The molecule has 0 saturated heterocycles. The van der Waals surface area contributed by atoms with Crippen molar-refractivity contribution in [3.05, 3.63) is 82.6 Å². The van der Waals surface area contributed by atoms with Crippen LogP contribution in [0.15, 0.2) is 72.1 Å². The summed E-state index contributed by atoms with van der Waals surface area (Å²) in [5.74, 6) is 0.889. The Labute approximate surface area is 139 Å². The summed E-state index contributed by atoms with van der Waals surface area (Å²) in [6.07, 6.45) is 3.47. The summed E-state index contributed by atoms with van der Waals surface area (Å²) in [7, 11) is 1.66. The first-order valence-electron chi connectivity index (χ1n) is 7.27. The van der Waals surface area contributed by atoms with Gasteiger partial charge in [0.2, 0.25) is 0 Å². The Morgan fingerprint density at radius 1 is 0.957 bits per heavy atom. The highest BCUT2D eigenvalue weighted by Gasteiger charge is 2.02. The molecule has 0 fully saturated rings. The van der Waals surface area contributed by atoms with Gasteiger partial charge >= 0.3 is 0 Å². The zero-order valence-electron chi connectivity index (χ0n) is 12.7. The van der Waals surface area contributed by atoms with E-state index in [0.717, 1.165) is 27.3 Å². The van der Waals surface area contributed by atoms with Gasteiger partial charge in [0, 0.05) is 0 Å². The van der Waals surface area contributed by atoms with Gasteiger partial charge in [-0.2, -0.15) is 0 Å². The number of benzene rings is 2. The van der Waals surface area contributed by atoms with E-state index in [0.29, 0.717) is 0 Å². The van der Waals surface area contributed by atoms with Gasteiger partial charge in [-0.05, 0) is 46.3 Å². The lowest BCUT2D eigenvalue weighted by Gasteiger charge is -2.04. The van der Waals surface area contributed by atoms with Crippen LogP contribution in [-0.2, 0) is 0 Å². The Morgan fingerprint density at radius 3 is 2.17 bits per heavy atom. The molecule has 2 nitrogen and oxygen atoms in total. The molecule has 0 saturated carbocycles. The highest BCUT2D eigenvalue weighted by atomic mass is 32.1. The van der Waals surface area contributed by atoms with Gasteiger partial charge in [0.25, 0.3) is 0 Å². The predicted octanol–water partition coefficient (Wildman–Crippen LogP) is 5.32. The molecule has 0 atom stereocenters. The van der Waals surface area contributed by atoms with Gasteiger partial charge in [0.05, 0.1) is 12.0 Å². The van der Waals surface area contributed by atoms with Crippen LogP contribution in [0.2, 0.25) is 0 Å². The summed E-state index contributed by atoms with van der Waals surface area (Å²) in [5.41, 5.74) is 3.28. The minimum Gasteiger partial charge on any atom is -0.497 e. The Balaban J connectivity index is 1.72. The van der Waals surface area contributed by atoms with Crippen LogP contribution in [-0.4, -0.2) is 12.9 Å². The van der Waals surface area contributed by atoms with Crippen molar-refractivity contribution in [1.29, 1.82) is 0 Å². The number of allylic oxidation sites excluding steroid dienone is 1. The van der Waals surface area contributed by atoms with Gasteiger partial charge in [0.1, 0.15) is 5.75 Å². The summed E-state index contributed by atoms with van der Waals surface area (Å²) < 4.78 is 5.17. The van der Waals surface area contributed by atoms with Crippen molar-refractivity contribution >= 4 is 23.2 Å². The van der Waals surface area contributed by atoms with Crippen molar-refractivity contribution in [2.45, 2.75) is 0 Å². The fourth-order valence-corrected chi connectivity index (χ4v) is 2.89. The van der Waals surface area contributed by atoms with E-state index in [-0.39, 0.29) is 5.78 Å². The second-order valence-electron chi connectivity index (χ2n) is 5.03. The maximum absolute atomic E-state index is 11.9. The lowest BCUT2D eigenvalue weighted by atomic mass is 10.0. The predicted molar refractivity (Wildman–Crippen MR) is 96.1 cm³/mol. The maximum atomic E-state index is 11.9. The Kier molecular flexibility index (Phi) is 4.69. The first-order valence-corrected chi connectivity index (χ1v) is 8.14. The number of thiophene rings is 1. The molecule has 1 heterocycles. The lowest BCUT2D eigenvalue weighted by Crippen LogP contribution is -1.88. The van der Waals surface area contributed by atoms with E-state index >= 15 is 0 Å². The zero-order valence-corrected chi connectivity index (χ0v) is 13.5. The van der Waals surface area contributed by atoms with E-state index < -0.39 is 0 Å². The fourth-order valence-electron chi connectivity index (χ4n) is 2.24. The molecule has 0 bridgehead atoms. The number of ether oxygens (including phenoxy) is 1. The van der Waals surface area contributed by atoms with Gasteiger partial charge in [-0.3, -0.25) is 4.79 Å². The molecule has 114 valence electrons. The number of hydrogen-bond donors (Lipinski definition) is 0. The van der Waals surface area contributed by atoms with Gasteiger partial charge < -0.3 is 4.74 Å². The molecule has 3 rings (SSSR count). The molecule has 0 spiro atoms. The first-order chi connectivity index (χ1) is 11.3. The number of rotatable bonds is 5. The molecule has 3 heteroatoms. The number of carbonyl (C=O) groups is 1. The van der Waals surface area contributed by atoms with Gasteiger partial charge in [0.15, 0.2) is 5.78 Å². The quantitative estimate of drug-likeness (QED) is 0.470. The van der Waals surface area contributed by atoms with Crippen molar-refractivity contribution in [2.24, 2.45) is 0 Å². The largest absolute Gasteiger partial charge is 0.497 e. The van der Waals surface area contributed by atoms with E-state index in [1.54, 1.807) is 13.2 Å². The molecule has 0 aliphatic heterocycles. The molecule has 2 aromatic carbocycles. The normalized spacial score (nSPS) is 10.8. The van der Waals surface area contributed by atoms with Crippen LogP contribution in [0, 0.1) is 0 Å². The minimum absolute atomic E-state index is 0.0410. The highest BCUT2D eigenvalue weighted by Crippen LogP contribution is 2.23. The number of hydrogen-bond acceptors (Lipinski definition) is 3. The third-order valence-electron chi connectivity index (χ3n) is 3.53. The molecular weight excluding hydrogens is 304 g/mol. The van der Waals surface area contributed by atoms with E-state index in [4.69, 9.17) is 4.74 Å². The van der Waals surface area contributed by atoms with Crippen molar-refractivity contribution in [2.75, 3.05) is 7.11 Å². The Hall–Kier alpha value is -2.65. The monoisotopic (exact) mass is 320 g/mol. The average molecular weight is 320 g/mol. The second kappa shape index (κ2) is 7.07. The molecular formula is C20H16O2S. The Bertz CT molecular complexity index is 798. The van der Waals surface area contributed by atoms with Crippen LogP contribution in [0.4, 0.5) is 0 Å². The second-order valence-corrected chi connectivity index (χ2v) is 5.97. The van der Waals surface area contributed by atoms with Crippen molar-refractivity contribution < 1.29 is 9.53 Å². The van der Waals surface area contributed by atoms with E-state index in [9.17, 15) is 4.79 Å². The van der Waals surface area contributed by atoms with Crippen LogP contribution in [0.5, 0.6) is 5.75 Å². The molecule has 1 aromatic heterocycles. The molecule has 0 aliphatic rings. The summed E-state index contributed by atoms with van der Waals surface area (Å²) in [6, 6.07) is 19.8. The summed E-state index contributed by atoms with van der Waals surface area (Å²) in [5, 5.41) is 1.91. The third-order valence-corrected chi connectivity index (χ3v) is 4.41. The van der Waals surface area contributed by atoms with Crippen LogP contribution in [0.25, 0.3) is 17.2 Å². The molecule has 23 heavy (non-hydrogen) atoms. The summed E-state index contributed by atoms with van der Waals surface area (Å²) in [6.45, 7) is 0. The van der Waals surface area contributed by atoms with Crippen LogP contribution in [0.3, 0.4) is 0 Å². The third kappa shape index (κ3) is 3.76. The van der Waals surface area contributed by atoms with Crippen LogP contribution in [0.1, 0.15) is 15.2 Å². The summed E-state index contributed by atoms with van der Waals surface area (Å²) >= 11 is 1.46. The van der Waals surface area contributed by atoms with Gasteiger partial charge in [-0.25, -0.2) is 0 Å². The molecule has 0 unspecified atom stereocenters. The van der Waals surface area contributed by atoms with Crippen LogP contribution >= 0.6 is 11.3 Å². The molecule has 0 aliphatic carbocycles. The van der Waals surface area contributed by atoms with Gasteiger partial charge in [-0.15, -0.1) is 11.3 Å². The van der Waals surface area contributed by atoms with E-state index in [1.165, 1.54) is 11.3 Å². The first kappa shape index (κ1) is 15.3. The van der Waals surface area contributed by atoms with Crippen molar-refractivity contribution in [3.63, 3.8) is 0 Å². The Morgan fingerprint density at radius 2 is 1.61 bits per heavy atom. The molecule has 0 N–H and O–H groups in total. The lowest BCUT2D eigenvalue weighted by molar-refractivity contribution is 0.105. The molecule has 0 radical (unpaired) electrons. The van der Waals surface area contributed by atoms with Gasteiger partial charge in [-0.1, -0.05) is 48.5 Å². The zero-order chi connectivity index (χ0) is 16.1. The maximum Gasteiger partial charge on any atom is 0.195 e.